The molecule has 2 aliphatic heterocycles. The number of hydrogen-bond donors (Lipinski definition) is 1. The van der Waals surface area contributed by atoms with E-state index in [-0.39, 0.29) is 12.6 Å². The summed E-state index contributed by atoms with van der Waals surface area (Å²) in [5.41, 5.74) is 0.581. The fourth-order valence-corrected chi connectivity index (χ4v) is 2.95. The van der Waals surface area contributed by atoms with Gasteiger partial charge in [-0.25, -0.2) is 0 Å². The predicted molar refractivity (Wildman–Crippen MR) is 108 cm³/mol. The normalized spacial score (nSPS) is 22.1. The molecule has 0 aromatic carbocycles. The molecule has 1 N–H and O–H groups in total. The van der Waals surface area contributed by atoms with Crippen molar-refractivity contribution in [3.63, 3.8) is 0 Å². The standard InChI is InChI=1S/C10H15NO2.C6H11BrO2.C4H5N/c1-4-8-12-10(5-1)13-9-11-6-2-3-7-11;7-5-9-6-3-1-2-4-8-6;1-2-4-5-3-1/h2-3,6-7,10H,1,4-5,8-9H2;6H,1-5H2;1-5H. The van der Waals surface area contributed by atoms with E-state index < -0.39 is 0 Å². The number of nitrogens with one attached hydrogen (secondary N) is 1. The van der Waals surface area contributed by atoms with Crippen LogP contribution in [-0.2, 0) is 25.7 Å². The number of H-pyrrole nitrogens is 1. The summed E-state index contributed by atoms with van der Waals surface area (Å²) in [4.78, 5) is 2.86. The second kappa shape index (κ2) is 14.9. The van der Waals surface area contributed by atoms with Gasteiger partial charge < -0.3 is 28.5 Å². The van der Waals surface area contributed by atoms with E-state index in [1.165, 1.54) is 25.7 Å². The number of aromatic amines is 1. The molecule has 4 heterocycles. The molecule has 4 rings (SSSR count). The number of nitrogens with zero attached hydrogens (tertiary/aromatic N) is 1. The molecule has 0 radical (unpaired) electrons. The first-order chi connectivity index (χ1) is 13.4. The van der Waals surface area contributed by atoms with Crippen molar-refractivity contribution in [1.29, 1.82) is 0 Å². The second-order valence-electron chi connectivity index (χ2n) is 6.25. The van der Waals surface area contributed by atoms with Crippen LogP contribution in [0.25, 0.3) is 0 Å². The zero-order valence-electron chi connectivity index (χ0n) is 15.8. The molecule has 2 unspecified atom stereocenters. The van der Waals surface area contributed by atoms with Crippen molar-refractivity contribution < 1.29 is 18.9 Å². The second-order valence-corrected chi connectivity index (χ2v) is 6.70. The monoisotopic (exact) mass is 442 g/mol. The van der Waals surface area contributed by atoms with Gasteiger partial charge in [-0.3, -0.25) is 0 Å². The van der Waals surface area contributed by atoms with Crippen molar-refractivity contribution in [2.24, 2.45) is 0 Å². The number of alkyl halides is 1. The summed E-state index contributed by atoms with van der Waals surface area (Å²) in [6, 6.07) is 7.87. The molecule has 2 saturated heterocycles. The molecule has 2 fully saturated rings. The number of aromatic nitrogens is 2. The van der Waals surface area contributed by atoms with Crippen molar-refractivity contribution >= 4 is 15.9 Å². The van der Waals surface area contributed by atoms with Crippen molar-refractivity contribution in [2.75, 3.05) is 18.7 Å². The van der Waals surface area contributed by atoms with Gasteiger partial charge in [0.25, 0.3) is 0 Å². The van der Waals surface area contributed by atoms with Crippen LogP contribution in [0.5, 0.6) is 0 Å². The number of ether oxygens (including phenoxy) is 4. The minimum Gasteiger partial charge on any atom is -0.368 e. The fraction of sp³-hybridized carbons (Fsp3) is 0.600. The van der Waals surface area contributed by atoms with Gasteiger partial charge in [-0.2, -0.15) is 0 Å². The molecule has 0 bridgehead atoms. The minimum atomic E-state index is 0.0103. The highest BCUT2D eigenvalue weighted by Crippen LogP contribution is 2.14. The summed E-state index contributed by atoms with van der Waals surface area (Å²) >= 11 is 3.18. The quantitative estimate of drug-likeness (QED) is 0.669. The van der Waals surface area contributed by atoms with Gasteiger partial charge in [0.2, 0.25) is 0 Å². The lowest BCUT2D eigenvalue weighted by Gasteiger charge is -2.22. The Balaban J connectivity index is 0.000000161. The summed E-state index contributed by atoms with van der Waals surface area (Å²) < 4.78 is 23.5. The first-order valence-electron chi connectivity index (χ1n) is 9.59. The van der Waals surface area contributed by atoms with Crippen molar-refractivity contribution in [2.45, 2.75) is 57.8 Å². The van der Waals surface area contributed by atoms with Crippen LogP contribution in [-0.4, -0.2) is 40.9 Å². The average molecular weight is 443 g/mol. The Morgan fingerprint density at radius 2 is 1.44 bits per heavy atom. The van der Waals surface area contributed by atoms with Crippen molar-refractivity contribution in [3.05, 3.63) is 49.1 Å². The third kappa shape index (κ3) is 10.7. The molecule has 0 spiro atoms. The highest BCUT2D eigenvalue weighted by molar-refractivity contribution is 9.09. The Bertz CT molecular complexity index is 504. The number of hydrogen-bond acceptors (Lipinski definition) is 4. The first kappa shape index (κ1) is 22.2. The molecule has 0 amide bonds. The van der Waals surface area contributed by atoms with E-state index in [0.717, 1.165) is 26.1 Å². The van der Waals surface area contributed by atoms with Gasteiger partial charge >= 0.3 is 0 Å². The Labute approximate surface area is 170 Å². The maximum atomic E-state index is 5.57. The number of halogens is 1. The van der Waals surface area contributed by atoms with E-state index in [9.17, 15) is 0 Å². The molecule has 2 aliphatic rings. The van der Waals surface area contributed by atoms with E-state index >= 15 is 0 Å². The maximum absolute atomic E-state index is 5.57. The van der Waals surface area contributed by atoms with Crippen molar-refractivity contribution in [1.82, 2.24) is 9.55 Å². The lowest BCUT2D eigenvalue weighted by molar-refractivity contribution is -0.180. The average Bonchev–Trinajstić information content (AvgIpc) is 3.46. The minimum absolute atomic E-state index is 0.0103. The number of rotatable bonds is 5. The molecule has 0 aliphatic carbocycles. The highest BCUT2D eigenvalue weighted by atomic mass is 79.9. The summed E-state index contributed by atoms with van der Waals surface area (Å²) in [5.74, 6) is 0. The summed E-state index contributed by atoms with van der Waals surface area (Å²) in [6.45, 7) is 2.30. The zero-order chi connectivity index (χ0) is 19.0. The van der Waals surface area contributed by atoms with Crippen LogP contribution in [0, 0.1) is 0 Å². The smallest absolute Gasteiger partial charge is 0.159 e. The topological polar surface area (TPSA) is 57.6 Å². The Hall–Kier alpha value is -1.12. The third-order valence-corrected chi connectivity index (χ3v) is 4.36. The van der Waals surface area contributed by atoms with Crippen LogP contribution in [0.1, 0.15) is 38.5 Å². The molecule has 0 saturated carbocycles. The van der Waals surface area contributed by atoms with Crippen molar-refractivity contribution in [3.8, 4) is 0 Å². The van der Waals surface area contributed by atoms with Gasteiger partial charge in [0.15, 0.2) is 12.6 Å². The van der Waals surface area contributed by atoms with Crippen LogP contribution in [0.3, 0.4) is 0 Å². The van der Waals surface area contributed by atoms with Gasteiger partial charge in [-0.1, -0.05) is 15.9 Å². The van der Waals surface area contributed by atoms with E-state index in [0.29, 0.717) is 12.2 Å². The van der Waals surface area contributed by atoms with E-state index in [4.69, 9.17) is 18.9 Å². The van der Waals surface area contributed by atoms with E-state index in [1.54, 1.807) is 0 Å². The lowest BCUT2D eigenvalue weighted by Crippen LogP contribution is -2.23. The molecule has 6 nitrogen and oxygen atoms in total. The molecular weight excluding hydrogens is 412 g/mol. The van der Waals surface area contributed by atoms with Gasteiger partial charge in [0.1, 0.15) is 12.2 Å². The SMILES string of the molecule is BrCOC1CCCCO1.c1cc[nH]c1.c1ccn(COC2CCCCO2)c1. The van der Waals surface area contributed by atoms with Gasteiger partial charge in [-0.15, -0.1) is 0 Å². The van der Waals surface area contributed by atoms with Crippen LogP contribution >= 0.6 is 15.9 Å². The fourth-order valence-electron chi connectivity index (χ4n) is 2.66. The molecular formula is C20H31BrN2O4. The zero-order valence-corrected chi connectivity index (χ0v) is 17.4. The Morgan fingerprint density at radius 3 is 1.89 bits per heavy atom. The summed E-state index contributed by atoms with van der Waals surface area (Å²) in [6.07, 6.45) is 14.7. The molecule has 7 heteroatoms. The van der Waals surface area contributed by atoms with Gasteiger partial charge in [0.05, 0.1) is 0 Å². The highest BCUT2D eigenvalue weighted by Gasteiger charge is 2.13. The largest absolute Gasteiger partial charge is 0.368 e. The molecule has 152 valence electrons. The lowest BCUT2D eigenvalue weighted by atomic mass is 10.2. The predicted octanol–water partition coefficient (Wildman–Crippen LogP) is 4.89. The molecule has 2 atom stereocenters. The van der Waals surface area contributed by atoms with E-state index in [2.05, 4.69) is 20.9 Å². The Morgan fingerprint density at radius 1 is 0.852 bits per heavy atom. The molecule has 2 aromatic heterocycles. The van der Waals surface area contributed by atoms with Gasteiger partial charge in [0, 0.05) is 38.0 Å². The van der Waals surface area contributed by atoms with Crippen LogP contribution < -0.4 is 0 Å². The molecule has 2 aromatic rings. The van der Waals surface area contributed by atoms with E-state index in [1.807, 2.05) is 53.6 Å². The van der Waals surface area contributed by atoms with Gasteiger partial charge in [-0.05, 0) is 62.8 Å². The van der Waals surface area contributed by atoms with Crippen LogP contribution in [0.15, 0.2) is 49.1 Å². The summed E-state index contributed by atoms with van der Waals surface area (Å²) in [7, 11) is 0. The van der Waals surface area contributed by atoms with Crippen LogP contribution in [0.2, 0.25) is 0 Å². The maximum Gasteiger partial charge on any atom is 0.159 e. The Kier molecular flexibility index (Phi) is 12.2. The first-order valence-corrected chi connectivity index (χ1v) is 10.7. The summed E-state index contributed by atoms with van der Waals surface area (Å²) in [5, 5.41) is 0. The molecule has 27 heavy (non-hydrogen) atoms. The third-order valence-electron chi connectivity index (χ3n) is 4.10. The van der Waals surface area contributed by atoms with Crippen LogP contribution in [0.4, 0.5) is 0 Å².